The first-order valence-electron chi connectivity index (χ1n) is 24.3. The molecule has 12 heteroatoms. The molecule has 2 fully saturated rings. The second-order valence-corrected chi connectivity index (χ2v) is 18.1. The summed E-state index contributed by atoms with van der Waals surface area (Å²) in [6.07, 6.45) is 12.1. The molecular weight excluding hydrogens is 864 g/mol. The maximum atomic E-state index is 14.7. The number of fused-ring (bicyclic) bond motifs is 2. The van der Waals surface area contributed by atoms with E-state index in [1.807, 2.05) is 54.6 Å². The average Bonchev–Trinajstić information content (AvgIpc) is 3.37. The molecule has 2 heterocycles. The van der Waals surface area contributed by atoms with Crippen molar-refractivity contribution in [3.05, 3.63) is 151 Å². The van der Waals surface area contributed by atoms with Crippen LogP contribution in [0, 0.1) is 23.6 Å². The van der Waals surface area contributed by atoms with Crippen molar-refractivity contribution in [1.82, 2.24) is 4.90 Å². The third-order valence-corrected chi connectivity index (χ3v) is 13.7. The van der Waals surface area contributed by atoms with Gasteiger partial charge >= 0.3 is 6.09 Å². The monoisotopic (exact) mass is 928 g/mol. The van der Waals surface area contributed by atoms with E-state index >= 15 is 0 Å². The van der Waals surface area contributed by atoms with E-state index in [2.05, 4.69) is 37.4 Å². The Labute approximate surface area is 399 Å². The third kappa shape index (κ3) is 11.2. The number of nitrogens with zero attached hydrogens (tertiary/aromatic N) is 2. The number of halogens is 1. The first kappa shape index (κ1) is 48.7. The van der Waals surface area contributed by atoms with E-state index in [-0.39, 0.29) is 57.1 Å². The number of carbonyl (C=O) groups is 1. The van der Waals surface area contributed by atoms with Crippen LogP contribution < -0.4 is 9.47 Å². The maximum absolute atomic E-state index is 14.7. The van der Waals surface area contributed by atoms with Crippen molar-refractivity contribution in [3.63, 3.8) is 0 Å². The first-order chi connectivity index (χ1) is 33.3. The summed E-state index contributed by atoms with van der Waals surface area (Å²) in [4.78, 5) is 22.7. The molecule has 1 amide bonds. The van der Waals surface area contributed by atoms with Gasteiger partial charge in [-0.2, -0.15) is 0 Å². The number of allylic oxidation sites excluding steroid dienone is 1. The van der Waals surface area contributed by atoms with Gasteiger partial charge < -0.3 is 38.7 Å². The number of hydrogen-bond acceptors (Lipinski definition) is 10. The minimum atomic E-state index is -1.53. The van der Waals surface area contributed by atoms with Gasteiger partial charge in [0.05, 0.1) is 31.5 Å². The standard InChI is InChI=1S/C56H65FN2O9/c1-3-5-33-64-55(62)59(38-39-20-24-43(57)25-21-39)51-37-49(58-68-52-19-11-14-34-63-52)47-35-42(17-9-12-30-60)46(18-10-13-31-61)53-48-36-45(28-29-50(48)67-56(51,54(47)53)65-32-4-2)66-44-26-22-41(23-27-44)40-15-7-6-8-16-40/h3-4,6-8,15-16,20-29,35-36,42,46,51-54,60-61H,1-2,5,9-14,17-19,30-34,37-38H2. The fraction of sp³-hybridized carbons (Fsp3) is 0.429. The molecule has 0 aromatic heterocycles. The highest BCUT2D eigenvalue weighted by atomic mass is 19.1. The fourth-order valence-electron chi connectivity index (χ4n) is 10.5. The highest BCUT2D eigenvalue weighted by molar-refractivity contribution is 6.03. The van der Waals surface area contributed by atoms with Gasteiger partial charge in [0.2, 0.25) is 12.1 Å². The summed E-state index contributed by atoms with van der Waals surface area (Å²) in [5.41, 5.74) is 5.33. The van der Waals surface area contributed by atoms with E-state index in [0.29, 0.717) is 60.8 Å². The van der Waals surface area contributed by atoms with Crippen molar-refractivity contribution in [2.45, 2.75) is 101 Å². The molecule has 0 spiro atoms. The summed E-state index contributed by atoms with van der Waals surface area (Å²) in [6, 6.07) is 29.3. The lowest BCUT2D eigenvalue weighted by molar-refractivity contribution is -0.256. The molecule has 2 aliphatic heterocycles. The summed E-state index contributed by atoms with van der Waals surface area (Å²) < 4.78 is 47.6. The van der Waals surface area contributed by atoms with Crippen molar-refractivity contribution < 1.29 is 47.9 Å². The van der Waals surface area contributed by atoms with Crippen LogP contribution in [-0.2, 0) is 25.6 Å². The van der Waals surface area contributed by atoms with Crippen LogP contribution in [0.4, 0.5) is 9.18 Å². The lowest BCUT2D eigenvalue weighted by atomic mass is 9.55. The number of unbranched alkanes of at least 4 members (excludes halogenated alkanes) is 2. The number of ether oxygens (including phenoxy) is 5. The number of aliphatic hydroxyl groups is 2. The van der Waals surface area contributed by atoms with E-state index in [1.54, 1.807) is 29.2 Å². The molecule has 4 aromatic rings. The van der Waals surface area contributed by atoms with Crippen LogP contribution in [0.3, 0.4) is 0 Å². The Morgan fingerprint density at radius 2 is 1.63 bits per heavy atom. The largest absolute Gasteiger partial charge is 0.459 e. The van der Waals surface area contributed by atoms with E-state index in [9.17, 15) is 19.4 Å². The molecule has 11 nitrogen and oxygen atoms in total. The van der Waals surface area contributed by atoms with Gasteiger partial charge in [-0.25, -0.2) is 9.18 Å². The van der Waals surface area contributed by atoms with E-state index in [0.717, 1.165) is 60.8 Å². The molecule has 68 heavy (non-hydrogen) atoms. The molecule has 7 atom stereocenters. The Bertz CT molecular complexity index is 2350. The molecule has 4 aliphatic rings. The second-order valence-electron chi connectivity index (χ2n) is 18.1. The number of carbonyl (C=O) groups excluding carboxylic acids is 1. The fourth-order valence-corrected chi connectivity index (χ4v) is 10.5. The average molecular weight is 929 g/mol. The zero-order chi connectivity index (χ0) is 47.3. The van der Waals surface area contributed by atoms with Crippen molar-refractivity contribution in [2.75, 3.05) is 33.0 Å². The summed E-state index contributed by atoms with van der Waals surface area (Å²) >= 11 is 0. The molecule has 7 unspecified atom stereocenters. The smallest absolute Gasteiger partial charge is 0.410 e. The topological polar surface area (TPSA) is 129 Å². The Hall–Kier alpha value is -5.79. The van der Waals surface area contributed by atoms with Crippen molar-refractivity contribution >= 4 is 11.8 Å². The highest BCUT2D eigenvalue weighted by Crippen LogP contribution is 2.62. The normalized spacial score (nSPS) is 24.4. The molecule has 0 bridgehead atoms. The Morgan fingerprint density at radius 3 is 2.35 bits per heavy atom. The zero-order valence-corrected chi connectivity index (χ0v) is 38.9. The minimum Gasteiger partial charge on any atom is -0.459 e. The molecule has 1 saturated carbocycles. The maximum Gasteiger partial charge on any atom is 0.410 e. The number of hydrogen-bond donors (Lipinski definition) is 2. The number of amides is 1. The summed E-state index contributed by atoms with van der Waals surface area (Å²) in [5.74, 6) is -0.852. The van der Waals surface area contributed by atoms with Crippen LogP contribution in [0.5, 0.6) is 17.2 Å². The van der Waals surface area contributed by atoms with Crippen LogP contribution in [0.2, 0.25) is 0 Å². The van der Waals surface area contributed by atoms with Gasteiger partial charge in [-0.15, -0.1) is 13.2 Å². The Balaban J connectivity index is 1.30. The molecule has 2 aliphatic carbocycles. The predicted molar refractivity (Wildman–Crippen MR) is 260 cm³/mol. The van der Waals surface area contributed by atoms with Gasteiger partial charge in [0.25, 0.3) is 0 Å². The number of rotatable bonds is 22. The molecule has 360 valence electrons. The molecule has 2 N–H and O–H groups in total. The molecular formula is C56H65FN2O9. The van der Waals surface area contributed by atoms with E-state index in [4.69, 9.17) is 33.7 Å². The first-order valence-corrected chi connectivity index (χ1v) is 24.3. The molecule has 4 aromatic carbocycles. The number of benzene rings is 4. The van der Waals surface area contributed by atoms with Crippen molar-refractivity contribution in [2.24, 2.45) is 22.9 Å². The Morgan fingerprint density at radius 1 is 0.882 bits per heavy atom. The van der Waals surface area contributed by atoms with Crippen LogP contribution in [0.25, 0.3) is 11.1 Å². The summed E-state index contributed by atoms with van der Waals surface area (Å²) in [5, 5.41) is 25.0. The van der Waals surface area contributed by atoms with Crippen LogP contribution >= 0.6 is 0 Å². The van der Waals surface area contributed by atoms with Crippen molar-refractivity contribution in [1.29, 1.82) is 0 Å². The summed E-state index contributed by atoms with van der Waals surface area (Å²) in [7, 11) is 0. The molecule has 1 saturated heterocycles. The van der Waals surface area contributed by atoms with Gasteiger partial charge in [0.1, 0.15) is 29.1 Å². The highest BCUT2D eigenvalue weighted by Gasteiger charge is 2.65. The minimum absolute atomic E-state index is 0.00329. The van der Waals surface area contributed by atoms with Gasteiger partial charge in [-0.05, 0) is 122 Å². The quantitative estimate of drug-likeness (QED) is 0.0450. The number of aliphatic hydroxyl groups excluding tert-OH is 2. The zero-order valence-electron chi connectivity index (χ0n) is 38.9. The summed E-state index contributed by atoms with van der Waals surface area (Å²) in [6.45, 7) is 8.83. The molecule has 0 radical (unpaired) electrons. The SMILES string of the molecule is C=CCCOC(=O)N(Cc1ccc(F)cc1)C1CC(=NOC2CCCCO2)C2=CC(CCCCO)C(CCCCO)C3c4cc(Oc5ccc(-c6ccccc6)cc5)ccc4OC1(OCC=C)C23. The van der Waals surface area contributed by atoms with Crippen LogP contribution in [-0.4, -0.2) is 78.1 Å². The number of oxime groups is 1. The Kier molecular flexibility index (Phi) is 16.8. The van der Waals surface area contributed by atoms with Gasteiger partial charge in [0.15, 0.2) is 0 Å². The van der Waals surface area contributed by atoms with Gasteiger partial charge in [-0.3, -0.25) is 4.90 Å². The lowest BCUT2D eigenvalue weighted by Crippen LogP contribution is -2.70. The van der Waals surface area contributed by atoms with Gasteiger partial charge in [0, 0.05) is 44.1 Å². The molecule has 8 rings (SSSR count). The predicted octanol–water partition coefficient (Wildman–Crippen LogP) is 11.7. The second kappa shape index (κ2) is 23.5. The van der Waals surface area contributed by atoms with Gasteiger partial charge in [-0.1, -0.05) is 90.8 Å². The van der Waals surface area contributed by atoms with Crippen LogP contribution in [0.1, 0.15) is 87.7 Å². The lowest BCUT2D eigenvalue weighted by Gasteiger charge is -2.59. The van der Waals surface area contributed by atoms with Crippen LogP contribution in [0.15, 0.2) is 139 Å². The van der Waals surface area contributed by atoms with Crippen molar-refractivity contribution in [3.8, 4) is 28.4 Å². The van der Waals surface area contributed by atoms with E-state index in [1.165, 1.54) is 12.1 Å². The third-order valence-electron chi connectivity index (χ3n) is 13.7. The van der Waals surface area contributed by atoms with E-state index < -0.39 is 35.9 Å².